The summed E-state index contributed by atoms with van der Waals surface area (Å²) in [6.45, 7) is 0.931. The first-order valence-electron chi connectivity index (χ1n) is 8.38. The van der Waals surface area contributed by atoms with Crippen LogP contribution in [0.2, 0.25) is 10.0 Å². The minimum Gasteiger partial charge on any atom is -0.336 e. The van der Waals surface area contributed by atoms with Crippen LogP contribution in [0.5, 0.6) is 0 Å². The van der Waals surface area contributed by atoms with Crippen molar-refractivity contribution in [3.05, 3.63) is 93.0 Å². The topological polar surface area (TPSA) is 81.2 Å². The second-order valence-electron chi connectivity index (χ2n) is 5.86. The van der Waals surface area contributed by atoms with E-state index in [9.17, 15) is 0 Å². The molecule has 0 amide bonds. The van der Waals surface area contributed by atoms with Gasteiger partial charge in [0.15, 0.2) is 0 Å². The highest BCUT2D eigenvalue weighted by Gasteiger charge is 2.12. The third-order valence-electron chi connectivity index (χ3n) is 3.76. The van der Waals surface area contributed by atoms with E-state index >= 15 is 0 Å². The fourth-order valence-electron chi connectivity index (χ4n) is 2.50. The molecule has 3 rings (SSSR count). The van der Waals surface area contributed by atoms with E-state index in [1.807, 2.05) is 54.7 Å². The van der Waals surface area contributed by atoms with Gasteiger partial charge in [0.25, 0.3) is 5.09 Å². The Kier molecular flexibility index (Phi) is 9.13. The lowest BCUT2D eigenvalue weighted by Gasteiger charge is -2.17. The van der Waals surface area contributed by atoms with Gasteiger partial charge < -0.3 is 9.77 Å². The van der Waals surface area contributed by atoms with Gasteiger partial charge in [0, 0.05) is 39.1 Å². The number of benzene rings is 2. The fourth-order valence-corrected chi connectivity index (χ4v) is 3.91. The Morgan fingerprint density at radius 3 is 2.21 bits per heavy atom. The van der Waals surface area contributed by atoms with Crippen molar-refractivity contribution in [2.75, 3.05) is 0 Å². The van der Waals surface area contributed by atoms with Crippen LogP contribution in [0.3, 0.4) is 0 Å². The summed E-state index contributed by atoms with van der Waals surface area (Å²) in [4.78, 5) is 13.7. The molecule has 0 fully saturated rings. The quantitative estimate of drug-likeness (QED) is 0.292. The maximum atomic E-state index is 8.36. The predicted octanol–water partition coefficient (Wildman–Crippen LogP) is 5.64. The highest BCUT2D eigenvalue weighted by Crippen LogP contribution is 2.29. The second kappa shape index (κ2) is 11.6. The van der Waals surface area contributed by atoms with Gasteiger partial charge in [-0.2, -0.15) is 0 Å². The highest BCUT2D eigenvalue weighted by molar-refractivity contribution is 8.00. The van der Waals surface area contributed by atoms with E-state index in [4.69, 9.17) is 38.5 Å². The van der Waals surface area contributed by atoms with Crippen molar-refractivity contribution in [1.29, 1.82) is 0 Å². The number of imidazole rings is 1. The summed E-state index contributed by atoms with van der Waals surface area (Å²) in [5.74, 6) is 0. The summed E-state index contributed by atoms with van der Waals surface area (Å²) in [6, 6.07) is 16.1. The first kappa shape index (κ1) is 22.1. The van der Waals surface area contributed by atoms with Crippen molar-refractivity contribution >= 4 is 35.0 Å². The largest absolute Gasteiger partial charge is 0.336 e. The van der Waals surface area contributed by atoms with Crippen molar-refractivity contribution in [2.45, 2.75) is 29.5 Å². The molecule has 1 unspecified atom stereocenters. The van der Waals surface area contributed by atoms with Gasteiger partial charge in [-0.15, -0.1) is 21.9 Å². The van der Waals surface area contributed by atoms with Crippen molar-refractivity contribution in [3.8, 4) is 0 Å². The molecule has 0 saturated carbocycles. The van der Waals surface area contributed by atoms with Gasteiger partial charge in [0.05, 0.1) is 6.33 Å². The van der Waals surface area contributed by atoms with E-state index in [1.54, 1.807) is 0 Å². The Balaban J connectivity index is 0.000000640. The lowest BCUT2D eigenvalue weighted by atomic mass is 10.1. The summed E-state index contributed by atoms with van der Waals surface area (Å²) in [6.07, 6.45) is 7.81. The molecule has 0 aliphatic heterocycles. The molecule has 28 heavy (non-hydrogen) atoms. The molecule has 0 aliphatic carbocycles. The summed E-state index contributed by atoms with van der Waals surface area (Å²) in [7, 11) is 0. The number of nitrogens with zero attached hydrogens (tertiary/aromatic N) is 3. The highest BCUT2D eigenvalue weighted by atomic mass is 35.5. The van der Waals surface area contributed by atoms with E-state index in [1.165, 1.54) is 10.5 Å². The van der Waals surface area contributed by atoms with Crippen molar-refractivity contribution in [2.24, 2.45) is 0 Å². The molecule has 1 heterocycles. The van der Waals surface area contributed by atoms with Crippen molar-refractivity contribution in [1.82, 2.24) is 9.55 Å². The van der Waals surface area contributed by atoms with Crippen LogP contribution in [0.25, 0.3) is 0 Å². The first-order chi connectivity index (χ1) is 13.4. The molecule has 3 aromatic rings. The number of halogens is 2. The van der Waals surface area contributed by atoms with Crippen LogP contribution >= 0.6 is 35.0 Å². The fraction of sp³-hybridized carbons (Fsp3) is 0.211. The Morgan fingerprint density at radius 1 is 1.11 bits per heavy atom. The maximum Gasteiger partial charge on any atom is 0.291 e. The summed E-state index contributed by atoms with van der Waals surface area (Å²) in [5.41, 5.74) is 1.31. The monoisotopic (exact) mass is 439 g/mol. The van der Waals surface area contributed by atoms with E-state index < -0.39 is 5.09 Å². The number of aryl methyl sites for hydroxylation is 1. The van der Waals surface area contributed by atoms with Crippen LogP contribution in [-0.2, 0) is 13.0 Å². The Hall–Kier alpha value is -2.22. The first-order valence-corrected chi connectivity index (χ1v) is 10.0. The molecule has 148 valence electrons. The Morgan fingerprint density at radius 2 is 1.68 bits per heavy atom. The van der Waals surface area contributed by atoms with Gasteiger partial charge in [0.2, 0.25) is 0 Å². The van der Waals surface area contributed by atoms with Crippen molar-refractivity contribution in [3.63, 3.8) is 0 Å². The van der Waals surface area contributed by atoms with Gasteiger partial charge >= 0.3 is 0 Å². The van der Waals surface area contributed by atoms with Crippen molar-refractivity contribution < 1.29 is 10.3 Å². The van der Waals surface area contributed by atoms with Crippen LogP contribution in [0.1, 0.15) is 12.0 Å². The molecule has 1 N–H and O–H groups in total. The number of hydrogen-bond donors (Lipinski definition) is 1. The van der Waals surface area contributed by atoms with Crippen LogP contribution in [0.4, 0.5) is 0 Å². The van der Waals surface area contributed by atoms with Gasteiger partial charge in [-0.25, -0.2) is 4.98 Å². The standard InChI is InChI=1S/C19H18Cl2N2S.HNO3/c20-16-4-1-15(2-5-16)3-8-19(13-23-12-11-22-14-23)24-18-9-6-17(21)7-10-18;2-1(3)4/h1-2,4-7,9-12,14,19H,3,8,13H2;(H,2,3,4). The lowest BCUT2D eigenvalue weighted by molar-refractivity contribution is -0.742. The normalized spacial score (nSPS) is 11.4. The summed E-state index contributed by atoms with van der Waals surface area (Å²) >= 11 is 13.8. The molecule has 0 bridgehead atoms. The molecule has 0 saturated heterocycles. The third-order valence-corrected chi connectivity index (χ3v) is 5.52. The van der Waals surface area contributed by atoms with E-state index in [2.05, 4.69) is 33.8 Å². The van der Waals surface area contributed by atoms with Crippen LogP contribution < -0.4 is 0 Å². The smallest absolute Gasteiger partial charge is 0.291 e. The molecular formula is C19H19Cl2N3O3S. The molecule has 0 spiro atoms. The number of aromatic nitrogens is 2. The van der Waals surface area contributed by atoms with E-state index in [0.717, 1.165) is 29.4 Å². The van der Waals surface area contributed by atoms with Crippen LogP contribution in [0, 0.1) is 10.1 Å². The van der Waals surface area contributed by atoms with Gasteiger partial charge in [0.1, 0.15) is 0 Å². The van der Waals surface area contributed by atoms with Crippen LogP contribution in [-0.4, -0.2) is 25.1 Å². The molecule has 6 nitrogen and oxygen atoms in total. The molecule has 0 radical (unpaired) electrons. The zero-order valence-corrected chi connectivity index (χ0v) is 17.1. The second-order valence-corrected chi connectivity index (χ2v) is 8.10. The van der Waals surface area contributed by atoms with E-state index in [0.29, 0.717) is 5.25 Å². The lowest BCUT2D eigenvalue weighted by Crippen LogP contribution is -2.13. The zero-order chi connectivity index (χ0) is 20.4. The predicted molar refractivity (Wildman–Crippen MR) is 112 cm³/mol. The number of thioether (sulfide) groups is 1. The molecule has 1 aromatic heterocycles. The Bertz CT molecular complexity index is 840. The van der Waals surface area contributed by atoms with Gasteiger partial charge in [-0.3, -0.25) is 0 Å². The minimum absolute atomic E-state index is 0.455. The Labute approximate surface area is 177 Å². The van der Waals surface area contributed by atoms with E-state index in [-0.39, 0.29) is 0 Å². The zero-order valence-electron chi connectivity index (χ0n) is 14.8. The average Bonchev–Trinajstić information content (AvgIpc) is 3.15. The summed E-state index contributed by atoms with van der Waals surface area (Å²) < 4.78 is 2.13. The number of rotatable bonds is 7. The number of hydrogen-bond acceptors (Lipinski definition) is 4. The molecule has 9 heteroatoms. The van der Waals surface area contributed by atoms with Gasteiger partial charge in [-0.05, 0) is 54.8 Å². The molecular weight excluding hydrogens is 421 g/mol. The third kappa shape index (κ3) is 8.65. The molecule has 1 atom stereocenters. The SMILES string of the molecule is Clc1ccc(CCC(Cn2ccnc2)Sc2ccc(Cl)cc2)cc1.O=[N+]([O-])O. The average molecular weight is 440 g/mol. The maximum absolute atomic E-state index is 8.36. The van der Waals surface area contributed by atoms with Crippen LogP contribution in [0.15, 0.2) is 72.1 Å². The minimum atomic E-state index is -1.50. The molecule has 0 aliphatic rings. The molecule has 2 aromatic carbocycles. The summed E-state index contributed by atoms with van der Waals surface area (Å²) in [5, 5.41) is 15.6. The van der Waals surface area contributed by atoms with Gasteiger partial charge in [-0.1, -0.05) is 35.3 Å².